The zero-order valence-corrected chi connectivity index (χ0v) is 17.0. The highest BCUT2D eigenvalue weighted by Crippen LogP contribution is 2.70. The van der Waals surface area contributed by atoms with Gasteiger partial charge in [-0.1, -0.05) is 45.4 Å². The molecule has 2 nitrogen and oxygen atoms in total. The highest BCUT2D eigenvalue weighted by molar-refractivity contribution is 5.12. The second-order valence-electron chi connectivity index (χ2n) is 11.1. The lowest BCUT2D eigenvalue weighted by atomic mass is 9.37. The average Bonchev–Trinajstić information content (AvgIpc) is 2.45. The maximum Gasteiger partial charge on any atom is 0.0331 e. The predicted octanol–water partition coefficient (Wildman–Crippen LogP) is 5.24. The second-order valence-corrected chi connectivity index (χ2v) is 11.1. The monoisotopic (exact) mass is 346 g/mol. The summed E-state index contributed by atoms with van der Waals surface area (Å²) in [6, 6.07) is 0. The predicted molar refractivity (Wildman–Crippen MR) is 106 cm³/mol. The topological polar surface area (TPSA) is 52.0 Å². The van der Waals surface area contributed by atoms with Crippen LogP contribution in [0.1, 0.15) is 97.8 Å². The molecule has 6 saturated carbocycles. The number of hydrogen-bond acceptors (Lipinski definition) is 2. The molecule has 6 aliphatic rings. The van der Waals surface area contributed by atoms with E-state index in [2.05, 4.69) is 20.8 Å². The third kappa shape index (κ3) is 2.73. The van der Waals surface area contributed by atoms with Crippen molar-refractivity contribution in [1.29, 1.82) is 0 Å². The number of fused-ring (bicyclic) bond motifs is 2. The minimum atomic E-state index is -0.258. The number of nitrogens with two attached hydrogens (primary N) is 2. The lowest BCUT2D eigenvalue weighted by Crippen LogP contribution is -2.66. The van der Waals surface area contributed by atoms with Gasteiger partial charge in [0.1, 0.15) is 0 Å². The number of hydrogen-bond donors (Lipinski definition) is 2. The highest BCUT2D eigenvalue weighted by Gasteiger charge is 2.62. The molecule has 6 rings (SSSR count). The van der Waals surface area contributed by atoms with E-state index in [0.717, 1.165) is 35.5 Å². The fourth-order valence-corrected chi connectivity index (χ4v) is 7.55. The van der Waals surface area contributed by atoms with Crippen LogP contribution >= 0.6 is 0 Å². The van der Waals surface area contributed by atoms with Crippen LogP contribution in [0.3, 0.4) is 0 Å². The van der Waals surface area contributed by atoms with Gasteiger partial charge in [0.05, 0.1) is 0 Å². The zero-order chi connectivity index (χ0) is 17.9. The summed E-state index contributed by atoms with van der Waals surface area (Å²) in [5.74, 6) is 4.53. The molecule has 0 radical (unpaired) electrons. The van der Waals surface area contributed by atoms with Gasteiger partial charge in [0, 0.05) is 11.1 Å². The number of rotatable bonds is 0. The molecule has 4 bridgehead atoms. The van der Waals surface area contributed by atoms with E-state index in [4.69, 9.17) is 11.5 Å². The zero-order valence-electron chi connectivity index (χ0n) is 17.0. The second kappa shape index (κ2) is 6.23. The maximum absolute atomic E-state index is 6.88. The summed E-state index contributed by atoms with van der Waals surface area (Å²) in [6.07, 6.45) is 17.0. The Morgan fingerprint density at radius 3 is 1.84 bits per heavy atom. The van der Waals surface area contributed by atoms with Gasteiger partial charge in [0.15, 0.2) is 0 Å². The Morgan fingerprint density at radius 2 is 1.28 bits per heavy atom. The molecule has 144 valence electrons. The van der Waals surface area contributed by atoms with E-state index >= 15 is 0 Å². The Kier molecular flexibility index (Phi) is 4.56. The van der Waals surface area contributed by atoms with E-state index in [0.29, 0.717) is 5.92 Å². The smallest absolute Gasteiger partial charge is 0.0331 e. The first-order valence-corrected chi connectivity index (χ1v) is 11.4. The van der Waals surface area contributed by atoms with E-state index < -0.39 is 0 Å². The summed E-state index contributed by atoms with van der Waals surface area (Å²) in [4.78, 5) is 0. The van der Waals surface area contributed by atoms with E-state index in [1.165, 1.54) is 51.4 Å². The summed E-state index contributed by atoms with van der Waals surface area (Å²) >= 11 is 0. The maximum atomic E-state index is 6.88. The molecular weight excluding hydrogens is 304 g/mol. The van der Waals surface area contributed by atoms with Crippen LogP contribution in [0.5, 0.6) is 0 Å². The van der Waals surface area contributed by atoms with Crippen molar-refractivity contribution in [3.63, 3.8) is 0 Å². The SMILES string of the molecule is CC1CCCC2CCCC(CCC(C)(N)C1(C)N)C1CC2C12CCC2. The van der Waals surface area contributed by atoms with Crippen LogP contribution in [-0.4, -0.2) is 11.1 Å². The third-order valence-electron chi connectivity index (χ3n) is 10.1. The normalized spacial score (nSPS) is 52.9. The molecule has 0 saturated heterocycles. The van der Waals surface area contributed by atoms with Gasteiger partial charge in [-0.15, -0.1) is 0 Å². The van der Waals surface area contributed by atoms with E-state index in [1.807, 2.05) is 0 Å². The highest BCUT2D eigenvalue weighted by atomic mass is 14.9. The van der Waals surface area contributed by atoms with Crippen LogP contribution in [0.15, 0.2) is 0 Å². The van der Waals surface area contributed by atoms with Crippen molar-refractivity contribution < 1.29 is 0 Å². The van der Waals surface area contributed by atoms with Gasteiger partial charge in [-0.25, -0.2) is 0 Å². The van der Waals surface area contributed by atoms with E-state index in [1.54, 1.807) is 19.3 Å². The average molecular weight is 347 g/mol. The van der Waals surface area contributed by atoms with Gasteiger partial charge < -0.3 is 11.5 Å². The molecule has 25 heavy (non-hydrogen) atoms. The molecule has 6 aliphatic carbocycles. The molecule has 0 heterocycles. The molecule has 4 N–H and O–H groups in total. The molecule has 0 aromatic heterocycles. The summed E-state index contributed by atoms with van der Waals surface area (Å²) in [5.41, 5.74) is 14.0. The molecule has 0 aliphatic heterocycles. The quantitative estimate of drug-likeness (QED) is 0.630. The largest absolute Gasteiger partial charge is 0.324 e. The van der Waals surface area contributed by atoms with Crippen LogP contribution in [0.4, 0.5) is 0 Å². The van der Waals surface area contributed by atoms with Crippen LogP contribution in [-0.2, 0) is 0 Å². The Morgan fingerprint density at radius 1 is 0.720 bits per heavy atom. The van der Waals surface area contributed by atoms with E-state index in [-0.39, 0.29) is 11.1 Å². The van der Waals surface area contributed by atoms with Gasteiger partial charge in [0.25, 0.3) is 0 Å². The molecule has 7 unspecified atom stereocenters. The fourth-order valence-electron chi connectivity index (χ4n) is 7.55. The lowest BCUT2D eigenvalue weighted by molar-refractivity contribution is -0.180. The van der Waals surface area contributed by atoms with Crippen molar-refractivity contribution in [2.45, 2.75) is 109 Å². The Labute approximate surface area is 155 Å². The first-order valence-electron chi connectivity index (χ1n) is 11.4. The molecule has 1 spiro atoms. The molecule has 2 heteroatoms. The molecule has 0 amide bonds. The van der Waals surface area contributed by atoms with Crippen LogP contribution < -0.4 is 11.5 Å². The van der Waals surface area contributed by atoms with Gasteiger partial charge >= 0.3 is 0 Å². The van der Waals surface area contributed by atoms with Gasteiger partial charge in [0.2, 0.25) is 0 Å². The summed E-state index contributed by atoms with van der Waals surface area (Å²) in [5, 5.41) is 0. The fraction of sp³-hybridized carbons (Fsp3) is 1.00. The minimum Gasteiger partial charge on any atom is -0.324 e. The third-order valence-corrected chi connectivity index (χ3v) is 10.1. The summed E-state index contributed by atoms with van der Waals surface area (Å²) in [6.45, 7) is 6.83. The molecule has 0 aromatic carbocycles. The van der Waals surface area contributed by atoms with Crippen LogP contribution in [0.25, 0.3) is 0 Å². The van der Waals surface area contributed by atoms with Crippen LogP contribution in [0.2, 0.25) is 0 Å². The first-order chi connectivity index (χ1) is 11.8. The lowest BCUT2D eigenvalue weighted by Gasteiger charge is -2.67. The van der Waals surface area contributed by atoms with Gasteiger partial charge in [-0.3, -0.25) is 0 Å². The summed E-state index contributed by atoms with van der Waals surface area (Å²) in [7, 11) is 0. The van der Waals surface area contributed by atoms with E-state index in [9.17, 15) is 0 Å². The Balaban J connectivity index is 1.62. The van der Waals surface area contributed by atoms with Crippen molar-refractivity contribution in [3.8, 4) is 0 Å². The van der Waals surface area contributed by atoms with Crippen LogP contribution in [0, 0.1) is 35.0 Å². The molecular formula is C23H42N2. The van der Waals surface area contributed by atoms with Gasteiger partial charge in [-0.2, -0.15) is 0 Å². The van der Waals surface area contributed by atoms with Crippen molar-refractivity contribution in [3.05, 3.63) is 0 Å². The Bertz CT molecular complexity index is 490. The first kappa shape index (κ1) is 18.3. The molecule has 0 aromatic rings. The molecule has 7 atom stereocenters. The van der Waals surface area contributed by atoms with Crippen molar-refractivity contribution in [2.24, 2.45) is 46.5 Å². The standard InChI is InChI=1S/C23H42N2/c1-16-7-4-8-17-9-5-10-18(11-14-21(2,24)22(16,3)25)20-15-19(17)23(20)12-6-13-23/h16-20H,4-15,24-25H2,1-3H3. The van der Waals surface area contributed by atoms with Crippen molar-refractivity contribution >= 4 is 0 Å². The van der Waals surface area contributed by atoms with Crippen molar-refractivity contribution in [2.75, 3.05) is 0 Å². The molecule has 6 fully saturated rings. The van der Waals surface area contributed by atoms with Crippen molar-refractivity contribution in [1.82, 2.24) is 0 Å². The summed E-state index contributed by atoms with van der Waals surface area (Å²) < 4.78 is 0. The van der Waals surface area contributed by atoms with Gasteiger partial charge in [-0.05, 0) is 87.4 Å². The Hall–Kier alpha value is -0.0800. The minimum absolute atomic E-state index is 0.248.